The molecule has 2 rings (SSSR count). The summed E-state index contributed by atoms with van der Waals surface area (Å²) in [6, 6.07) is 5.37. The van der Waals surface area contributed by atoms with Gasteiger partial charge in [0.2, 0.25) is 5.91 Å². The van der Waals surface area contributed by atoms with Crippen molar-refractivity contribution in [3.05, 3.63) is 30.0 Å². The molecule has 0 saturated heterocycles. The second-order valence-corrected chi connectivity index (χ2v) is 4.84. The number of ether oxygens (including phenoxy) is 3. The maximum absolute atomic E-state index is 12.0. The summed E-state index contributed by atoms with van der Waals surface area (Å²) in [4.78, 5) is 24.2. The first-order valence-corrected chi connectivity index (χ1v) is 7.28. The van der Waals surface area contributed by atoms with Crippen LogP contribution >= 0.6 is 0 Å². The van der Waals surface area contributed by atoms with E-state index in [1.54, 1.807) is 26.4 Å². The summed E-state index contributed by atoms with van der Waals surface area (Å²) in [7, 11) is 4.34. The molecule has 0 fully saturated rings. The molecular formula is C15H19N5O5. The van der Waals surface area contributed by atoms with Gasteiger partial charge in [-0.2, -0.15) is 9.90 Å². The molecule has 0 saturated carbocycles. The van der Waals surface area contributed by atoms with Crippen LogP contribution < -0.4 is 20.1 Å². The summed E-state index contributed by atoms with van der Waals surface area (Å²) in [5.41, 5.74) is 0.854. The molecule has 25 heavy (non-hydrogen) atoms. The Balaban J connectivity index is 1.87. The lowest BCUT2D eigenvalue weighted by atomic mass is 10.2. The van der Waals surface area contributed by atoms with Crippen molar-refractivity contribution >= 4 is 17.8 Å². The second-order valence-electron chi connectivity index (χ2n) is 4.84. The number of rotatable bonds is 7. The summed E-state index contributed by atoms with van der Waals surface area (Å²) in [5.74, 6) is 1.11. The van der Waals surface area contributed by atoms with Crippen molar-refractivity contribution < 1.29 is 23.8 Å². The number of carbonyl (C=O) groups excluding carboxylic acids is 2. The molecule has 1 heterocycles. The van der Waals surface area contributed by atoms with Crippen molar-refractivity contribution in [2.24, 2.45) is 0 Å². The maximum atomic E-state index is 12.0. The van der Waals surface area contributed by atoms with Crippen LogP contribution in [-0.4, -0.2) is 48.3 Å². The third kappa shape index (κ3) is 5.09. The maximum Gasteiger partial charge on any atom is 0.412 e. The Bertz CT molecular complexity index is 746. The van der Waals surface area contributed by atoms with Crippen molar-refractivity contribution in [1.82, 2.24) is 20.3 Å². The molecule has 0 atom stereocenters. The van der Waals surface area contributed by atoms with Crippen molar-refractivity contribution in [2.75, 3.05) is 26.6 Å². The molecule has 0 spiro atoms. The number of methoxy groups -OCH3 is 3. The van der Waals surface area contributed by atoms with Gasteiger partial charge in [-0.25, -0.2) is 4.79 Å². The number of benzene rings is 1. The molecule has 0 bridgehead atoms. The van der Waals surface area contributed by atoms with Gasteiger partial charge in [0.05, 0.1) is 27.5 Å². The van der Waals surface area contributed by atoms with E-state index in [2.05, 4.69) is 25.6 Å². The molecule has 2 amide bonds. The Labute approximate surface area is 144 Å². The molecule has 0 aliphatic carbocycles. The molecular weight excluding hydrogens is 330 g/mol. The monoisotopic (exact) mass is 349 g/mol. The first-order valence-electron chi connectivity index (χ1n) is 7.28. The third-order valence-corrected chi connectivity index (χ3v) is 3.17. The smallest absolute Gasteiger partial charge is 0.412 e. The van der Waals surface area contributed by atoms with Gasteiger partial charge in [-0.15, -0.1) is 5.10 Å². The van der Waals surface area contributed by atoms with E-state index in [-0.39, 0.29) is 18.3 Å². The van der Waals surface area contributed by atoms with Gasteiger partial charge < -0.3 is 19.5 Å². The largest absolute Gasteiger partial charge is 0.493 e. The summed E-state index contributed by atoms with van der Waals surface area (Å²) in [5, 5.41) is 12.9. The fraction of sp³-hybridized carbons (Fsp3) is 0.333. The SMILES string of the molecule is COC(=O)Nc1cnn(CC(=O)NCc2ccc(OC)c(OC)c2)n1. The highest BCUT2D eigenvalue weighted by molar-refractivity contribution is 5.82. The summed E-state index contributed by atoms with van der Waals surface area (Å²) in [6.07, 6.45) is 0.656. The molecule has 10 nitrogen and oxygen atoms in total. The van der Waals surface area contributed by atoms with E-state index in [4.69, 9.17) is 9.47 Å². The van der Waals surface area contributed by atoms with Gasteiger partial charge in [0.15, 0.2) is 17.3 Å². The quantitative estimate of drug-likeness (QED) is 0.759. The number of amides is 2. The van der Waals surface area contributed by atoms with Crippen LogP contribution in [0.25, 0.3) is 0 Å². The number of aromatic nitrogens is 3. The number of carbonyl (C=O) groups is 2. The topological polar surface area (TPSA) is 117 Å². The van der Waals surface area contributed by atoms with Crippen LogP contribution in [0.4, 0.5) is 10.6 Å². The lowest BCUT2D eigenvalue weighted by molar-refractivity contribution is -0.122. The van der Waals surface area contributed by atoms with Crippen molar-refractivity contribution in [1.29, 1.82) is 0 Å². The minimum atomic E-state index is -0.662. The zero-order chi connectivity index (χ0) is 18.2. The molecule has 1 aromatic heterocycles. The Morgan fingerprint density at radius 3 is 2.60 bits per heavy atom. The highest BCUT2D eigenvalue weighted by Crippen LogP contribution is 2.27. The number of hydrogen-bond acceptors (Lipinski definition) is 7. The van der Waals surface area contributed by atoms with Crippen LogP contribution in [0.15, 0.2) is 24.4 Å². The Hall–Kier alpha value is -3.30. The van der Waals surface area contributed by atoms with Gasteiger partial charge in [0, 0.05) is 6.54 Å². The predicted octanol–water partition coefficient (Wildman–Crippen LogP) is 0.790. The van der Waals surface area contributed by atoms with Gasteiger partial charge in [0.1, 0.15) is 6.54 Å². The predicted molar refractivity (Wildman–Crippen MR) is 87.4 cm³/mol. The zero-order valence-corrected chi connectivity index (χ0v) is 14.1. The van der Waals surface area contributed by atoms with Gasteiger partial charge >= 0.3 is 6.09 Å². The molecule has 0 unspecified atom stereocenters. The summed E-state index contributed by atoms with van der Waals surface area (Å²) >= 11 is 0. The van der Waals surface area contributed by atoms with E-state index >= 15 is 0 Å². The van der Waals surface area contributed by atoms with Gasteiger partial charge in [-0.05, 0) is 17.7 Å². The van der Waals surface area contributed by atoms with Crippen LogP contribution in [0, 0.1) is 0 Å². The lowest BCUT2D eigenvalue weighted by Crippen LogP contribution is -2.28. The Morgan fingerprint density at radius 2 is 1.92 bits per heavy atom. The van der Waals surface area contributed by atoms with E-state index in [9.17, 15) is 9.59 Å². The highest BCUT2D eigenvalue weighted by atomic mass is 16.5. The normalized spacial score (nSPS) is 10.0. The molecule has 2 N–H and O–H groups in total. The van der Waals surface area contributed by atoms with Crippen molar-refractivity contribution in [3.8, 4) is 11.5 Å². The minimum Gasteiger partial charge on any atom is -0.493 e. The van der Waals surface area contributed by atoms with Gasteiger partial charge in [0.25, 0.3) is 0 Å². The first-order chi connectivity index (χ1) is 12.0. The third-order valence-electron chi connectivity index (χ3n) is 3.17. The van der Waals surface area contributed by atoms with E-state index in [0.717, 1.165) is 10.4 Å². The summed E-state index contributed by atoms with van der Waals surface area (Å²) in [6.45, 7) is 0.226. The average molecular weight is 349 g/mol. The Kier molecular flexibility index (Phi) is 6.15. The molecule has 2 aromatic rings. The molecule has 0 aliphatic heterocycles. The first kappa shape index (κ1) is 18.0. The highest BCUT2D eigenvalue weighted by Gasteiger charge is 2.09. The molecule has 10 heteroatoms. The van der Waals surface area contributed by atoms with E-state index in [0.29, 0.717) is 18.0 Å². The van der Waals surface area contributed by atoms with E-state index in [1.807, 2.05) is 6.07 Å². The number of nitrogens with one attached hydrogen (secondary N) is 2. The fourth-order valence-corrected chi connectivity index (χ4v) is 1.96. The molecule has 0 aliphatic rings. The van der Waals surface area contributed by atoms with Gasteiger partial charge in [-0.1, -0.05) is 6.07 Å². The Morgan fingerprint density at radius 1 is 1.16 bits per heavy atom. The van der Waals surface area contributed by atoms with Crippen LogP contribution in [0.1, 0.15) is 5.56 Å². The zero-order valence-electron chi connectivity index (χ0n) is 14.1. The van der Waals surface area contributed by atoms with Gasteiger partial charge in [-0.3, -0.25) is 10.1 Å². The van der Waals surface area contributed by atoms with Crippen molar-refractivity contribution in [2.45, 2.75) is 13.1 Å². The number of anilines is 1. The van der Waals surface area contributed by atoms with E-state index < -0.39 is 6.09 Å². The molecule has 0 radical (unpaired) electrons. The number of hydrogen-bond donors (Lipinski definition) is 2. The average Bonchev–Trinajstić information content (AvgIpc) is 3.06. The van der Waals surface area contributed by atoms with E-state index in [1.165, 1.54) is 13.3 Å². The fourth-order valence-electron chi connectivity index (χ4n) is 1.96. The molecule has 1 aromatic carbocycles. The standard InChI is InChI=1S/C15H19N5O5/c1-23-11-5-4-10(6-12(11)24-2)7-16-14(21)9-20-17-8-13(19-20)18-15(22)25-3/h4-6,8H,7,9H2,1-3H3,(H,16,21)(H,18,19,22). The minimum absolute atomic E-state index is 0.0872. The van der Waals surface area contributed by atoms with Crippen LogP contribution in [0.3, 0.4) is 0 Å². The summed E-state index contributed by atoms with van der Waals surface area (Å²) < 4.78 is 14.8. The lowest BCUT2D eigenvalue weighted by Gasteiger charge is -2.10. The van der Waals surface area contributed by atoms with Crippen LogP contribution in [0.2, 0.25) is 0 Å². The van der Waals surface area contributed by atoms with Crippen LogP contribution in [-0.2, 0) is 22.6 Å². The second kappa shape index (κ2) is 8.52. The number of nitrogens with zero attached hydrogens (tertiary/aromatic N) is 3. The van der Waals surface area contributed by atoms with Crippen LogP contribution in [0.5, 0.6) is 11.5 Å². The van der Waals surface area contributed by atoms with Crippen molar-refractivity contribution in [3.63, 3.8) is 0 Å². The molecule has 134 valence electrons.